The highest BCUT2D eigenvalue weighted by Crippen LogP contribution is 2.43. The zero-order chi connectivity index (χ0) is 30.4. The molecule has 1 unspecified atom stereocenters. The third kappa shape index (κ3) is 28.6. The zero-order valence-corrected chi connectivity index (χ0v) is 26.9. The van der Waals surface area contributed by atoms with Gasteiger partial charge >= 0.3 is 19.8 Å². The van der Waals surface area contributed by atoms with E-state index in [0.717, 1.165) is 44.9 Å². The number of unbranched alkanes of at least 4 members (excludes halogenated alkanes) is 15. The number of hydrogen-bond acceptors (Lipinski definition) is 8. The summed E-state index contributed by atoms with van der Waals surface area (Å²) < 4.78 is 32.4. The fraction of sp³-hybridized carbons (Fsp3) is 0.871. The Morgan fingerprint density at radius 2 is 1.20 bits per heavy atom. The molecule has 3 N–H and O–H groups in total. The first-order chi connectivity index (χ1) is 19.8. The van der Waals surface area contributed by atoms with E-state index < -0.39 is 32.5 Å². The van der Waals surface area contributed by atoms with Crippen LogP contribution in [0.15, 0.2) is 12.2 Å². The van der Waals surface area contributed by atoms with Gasteiger partial charge in [0, 0.05) is 19.4 Å². The maximum absolute atomic E-state index is 12.4. The van der Waals surface area contributed by atoms with Gasteiger partial charge in [-0.05, 0) is 38.5 Å². The molecule has 0 aromatic heterocycles. The Morgan fingerprint density at radius 1 is 0.707 bits per heavy atom. The number of phosphoric ester groups is 1. The molecule has 242 valence electrons. The lowest BCUT2D eigenvalue weighted by Crippen LogP contribution is -2.29. The van der Waals surface area contributed by atoms with Crippen LogP contribution in [0.25, 0.3) is 0 Å². The third-order valence-electron chi connectivity index (χ3n) is 6.65. The molecule has 0 amide bonds. The van der Waals surface area contributed by atoms with Gasteiger partial charge < -0.3 is 20.1 Å². The summed E-state index contributed by atoms with van der Waals surface area (Å²) in [6.45, 7) is 3.63. The fourth-order valence-corrected chi connectivity index (χ4v) is 4.98. The molecule has 0 radical (unpaired) electrons. The summed E-state index contributed by atoms with van der Waals surface area (Å²) in [5, 5.41) is 0. The number of carbonyl (C=O) groups excluding carboxylic acids is 2. The van der Waals surface area contributed by atoms with E-state index in [2.05, 4.69) is 26.0 Å². The first-order valence-corrected chi connectivity index (χ1v) is 17.7. The summed E-state index contributed by atoms with van der Waals surface area (Å²) in [5.74, 6) is -0.855. The molecule has 0 saturated heterocycles. The Morgan fingerprint density at radius 3 is 1.76 bits per heavy atom. The summed E-state index contributed by atoms with van der Waals surface area (Å²) in [6.07, 6.45) is 24.1. The van der Waals surface area contributed by atoms with Crippen LogP contribution in [-0.4, -0.2) is 49.3 Å². The molecule has 0 aliphatic rings. The van der Waals surface area contributed by atoms with Crippen LogP contribution in [0.1, 0.15) is 142 Å². The maximum Gasteiger partial charge on any atom is 0.472 e. The van der Waals surface area contributed by atoms with Crippen molar-refractivity contribution in [1.29, 1.82) is 0 Å². The van der Waals surface area contributed by atoms with Crippen LogP contribution in [0.3, 0.4) is 0 Å². The second kappa shape index (κ2) is 28.9. The predicted octanol–water partition coefficient (Wildman–Crippen LogP) is 7.93. The Bertz CT molecular complexity index is 704. The molecule has 0 spiro atoms. The minimum Gasteiger partial charge on any atom is -0.462 e. The minimum atomic E-state index is -4.36. The molecule has 41 heavy (non-hydrogen) atoms. The zero-order valence-electron chi connectivity index (χ0n) is 26.0. The van der Waals surface area contributed by atoms with Gasteiger partial charge in [0.25, 0.3) is 0 Å². The summed E-state index contributed by atoms with van der Waals surface area (Å²) in [5.41, 5.74) is 5.30. The van der Waals surface area contributed by atoms with Gasteiger partial charge in [0.1, 0.15) is 6.61 Å². The van der Waals surface area contributed by atoms with E-state index >= 15 is 0 Å². The first-order valence-electron chi connectivity index (χ1n) is 16.2. The smallest absolute Gasteiger partial charge is 0.462 e. The molecule has 0 aliphatic heterocycles. The Labute approximate surface area is 249 Å². The van der Waals surface area contributed by atoms with E-state index in [1.165, 1.54) is 64.2 Å². The van der Waals surface area contributed by atoms with Crippen molar-refractivity contribution in [2.24, 2.45) is 5.73 Å². The molecule has 0 aliphatic carbocycles. The predicted molar refractivity (Wildman–Crippen MR) is 164 cm³/mol. The van der Waals surface area contributed by atoms with Crippen molar-refractivity contribution < 1.29 is 37.6 Å². The van der Waals surface area contributed by atoms with Gasteiger partial charge in [-0.25, -0.2) is 4.57 Å². The molecule has 10 heteroatoms. The van der Waals surface area contributed by atoms with Gasteiger partial charge in [-0.3, -0.25) is 18.6 Å². The Kier molecular flexibility index (Phi) is 28.0. The highest BCUT2D eigenvalue weighted by molar-refractivity contribution is 7.47. The van der Waals surface area contributed by atoms with Crippen molar-refractivity contribution in [2.45, 2.75) is 148 Å². The van der Waals surface area contributed by atoms with E-state index in [4.69, 9.17) is 24.3 Å². The van der Waals surface area contributed by atoms with Crippen LogP contribution >= 0.6 is 7.82 Å². The minimum absolute atomic E-state index is 0.0530. The summed E-state index contributed by atoms with van der Waals surface area (Å²) >= 11 is 0. The molecule has 0 aromatic carbocycles. The molecule has 0 aromatic rings. The largest absolute Gasteiger partial charge is 0.472 e. The molecule has 2 atom stereocenters. The number of hydrogen-bond donors (Lipinski definition) is 2. The van der Waals surface area contributed by atoms with Crippen molar-refractivity contribution >= 4 is 19.8 Å². The van der Waals surface area contributed by atoms with Crippen LogP contribution in [-0.2, 0) is 32.7 Å². The van der Waals surface area contributed by atoms with Crippen LogP contribution in [0, 0.1) is 0 Å². The lowest BCUT2D eigenvalue weighted by Gasteiger charge is -2.19. The topological polar surface area (TPSA) is 134 Å². The summed E-state index contributed by atoms with van der Waals surface area (Å²) in [7, 11) is -4.36. The lowest BCUT2D eigenvalue weighted by atomic mass is 10.1. The number of nitrogens with two attached hydrogens (primary N) is 1. The number of esters is 2. The average molecular weight is 606 g/mol. The Hall–Kier alpha value is -1.25. The van der Waals surface area contributed by atoms with Crippen molar-refractivity contribution in [1.82, 2.24) is 0 Å². The van der Waals surface area contributed by atoms with Gasteiger partial charge in [0.05, 0.1) is 13.2 Å². The molecule has 0 rings (SSSR count). The van der Waals surface area contributed by atoms with Gasteiger partial charge in [-0.1, -0.05) is 103 Å². The molecular weight excluding hydrogens is 545 g/mol. The second-order valence-corrected chi connectivity index (χ2v) is 12.1. The molecule has 0 bridgehead atoms. The number of ether oxygens (including phenoxy) is 2. The lowest BCUT2D eigenvalue weighted by molar-refractivity contribution is -0.161. The van der Waals surface area contributed by atoms with Gasteiger partial charge in [-0.15, -0.1) is 0 Å². The van der Waals surface area contributed by atoms with Crippen LogP contribution in [0.2, 0.25) is 0 Å². The Balaban J connectivity index is 4.32. The summed E-state index contributed by atoms with van der Waals surface area (Å²) in [4.78, 5) is 34.3. The maximum atomic E-state index is 12.4. The fourth-order valence-electron chi connectivity index (χ4n) is 4.21. The van der Waals surface area contributed by atoms with Gasteiger partial charge in [0.2, 0.25) is 0 Å². The number of allylic oxidation sites excluding steroid dienone is 2. The van der Waals surface area contributed by atoms with E-state index in [1.54, 1.807) is 0 Å². The summed E-state index contributed by atoms with van der Waals surface area (Å²) in [6, 6.07) is 0. The number of phosphoric acid groups is 1. The van der Waals surface area contributed by atoms with Crippen LogP contribution in [0.5, 0.6) is 0 Å². The quantitative estimate of drug-likeness (QED) is 0.0362. The molecule has 0 heterocycles. The molecule has 9 nitrogen and oxygen atoms in total. The standard InChI is InChI=1S/C31H60NO8P/c1-3-5-7-9-11-12-13-14-15-16-18-20-22-24-31(34)40-29(28-39-41(35,36)38-26-25-32)27-37-30(33)23-21-19-17-10-8-6-4-2/h14-15,29H,3-13,16-28,32H2,1-2H3,(H,35,36)/b15-14+/t29-/m1/s1. The molecule has 0 fully saturated rings. The van der Waals surface area contributed by atoms with Crippen molar-refractivity contribution in [3.8, 4) is 0 Å². The highest BCUT2D eigenvalue weighted by Gasteiger charge is 2.25. The third-order valence-corrected chi connectivity index (χ3v) is 7.64. The number of carbonyl (C=O) groups is 2. The second-order valence-electron chi connectivity index (χ2n) is 10.7. The van der Waals surface area contributed by atoms with E-state index in [9.17, 15) is 19.0 Å². The van der Waals surface area contributed by atoms with Crippen molar-refractivity contribution in [3.05, 3.63) is 12.2 Å². The average Bonchev–Trinajstić information content (AvgIpc) is 2.95. The molecule has 0 saturated carbocycles. The van der Waals surface area contributed by atoms with Gasteiger partial charge in [-0.2, -0.15) is 0 Å². The van der Waals surface area contributed by atoms with Crippen LogP contribution < -0.4 is 5.73 Å². The monoisotopic (exact) mass is 605 g/mol. The van der Waals surface area contributed by atoms with Crippen molar-refractivity contribution in [2.75, 3.05) is 26.4 Å². The normalized spacial score (nSPS) is 13.8. The van der Waals surface area contributed by atoms with E-state index in [0.29, 0.717) is 6.42 Å². The van der Waals surface area contributed by atoms with Crippen LogP contribution in [0.4, 0.5) is 0 Å². The van der Waals surface area contributed by atoms with Crippen molar-refractivity contribution in [3.63, 3.8) is 0 Å². The highest BCUT2D eigenvalue weighted by atomic mass is 31.2. The first kappa shape index (κ1) is 39.8. The number of rotatable bonds is 30. The van der Waals surface area contributed by atoms with E-state index in [1.807, 2.05) is 0 Å². The molecular formula is C31H60NO8P. The van der Waals surface area contributed by atoms with Gasteiger partial charge in [0.15, 0.2) is 6.10 Å². The SMILES string of the molecule is CCCCCCCC/C=C/CCCCCC(=O)O[C@H](COC(=O)CCCCCCCCC)COP(=O)(O)OCCN. The van der Waals surface area contributed by atoms with E-state index in [-0.39, 0.29) is 32.6 Å².